The number of carbonyl (C=O) groups excluding carboxylic acids is 4. The fraction of sp³-hybridized carbons (Fsp3) is 0.500. The van der Waals surface area contributed by atoms with Gasteiger partial charge in [-0.2, -0.15) is 0 Å². The number of likely N-dealkylation sites (N-methyl/N-ethyl adjacent to an activating group) is 1. The average Bonchev–Trinajstić information content (AvgIpc) is 3.32. The van der Waals surface area contributed by atoms with Gasteiger partial charge in [-0.3, -0.25) is 24.5 Å². The second kappa shape index (κ2) is 16.9. The van der Waals surface area contributed by atoms with Crippen LogP contribution < -0.4 is 24.8 Å². The zero-order chi connectivity index (χ0) is 35.5. The van der Waals surface area contributed by atoms with Crippen molar-refractivity contribution in [3.8, 4) is 23.0 Å². The van der Waals surface area contributed by atoms with E-state index < -0.39 is 17.0 Å². The molecule has 2 aromatic carbocycles. The summed E-state index contributed by atoms with van der Waals surface area (Å²) in [6, 6.07) is 10.8. The van der Waals surface area contributed by atoms with Crippen LogP contribution in [0.5, 0.6) is 23.0 Å². The molecule has 2 aliphatic heterocycles. The van der Waals surface area contributed by atoms with E-state index in [1.165, 1.54) is 0 Å². The highest BCUT2D eigenvalue weighted by atomic mass is 16.5. The van der Waals surface area contributed by atoms with Crippen molar-refractivity contribution in [2.75, 3.05) is 20.7 Å². The number of hydrogen-bond donors (Lipinski definition) is 4. The van der Waals surface area contributed by atoms with Crippen LogP contribution in [0.1, 0.15) is 85.3 Å². The Morgan fingerprint density at radius 1 is 0.935 bits per heavy atom. The number of aldehydes is 1. The number of carbonyl (C=O) groups is 5. The maximum absolute atomic E-state index is 12.2. The zero-order valence-corrected chi connectivity index (χ0v) is 28.4. The first-order chi connectivity index (χ1) is 21.1. The molecule has 0 radical (unpaired) electrons. The van der Waals surface area contributed by atoms with Crippen LogP contribution in [0.4, 0.5) is 0 Å². The summed E-state index contributed by atoms with van der Waals surface area (Å²) in [4.78, 5) is 51.8. The summed E-state index contributed by atoms with van der Waals surface area (Å²) in [5.74, 6) is 0.535. The highest BCUT2D eigenvalue weighted by Crippen LogP contribution is 2.50. The molecule has 4 N–H and O–H groups in total. The van der Waals surface area contributed by atoms with E-state index in [1.807, 2.05) is 39.0 Å². The first-order valence-electron chi connectivity index (χ1n) is 14.7. The number of imide groups is 1. The van der Waals surface area contributed by atoms with Gasteiger partial charge in [0.2, 0.25) is 11.8 Å². The lowest BCUT2D eigenvalue weighted by Crippen LogP contribution is -2.32. The molecular weight excluding hydrogens is 596 g/mol. The van der Waals surface area contributed by atoms with Crippen molar-refractivity contribution < 1.29 is 48.4 Å². The van der Waals surface area contributed by atoms with Gasteiger partial charge in [-0.1, -0.05) is 32.9 Å². The van der Waals surface area contributed by atoms with Crippen molar-refractivity contribution in [1.29, 1.82) is 0 Å². The number of aliphatic carboxylic acids is 1. The van der Waals surface area contributed by atoms with Crippen LogP contribution in [-0.2, 0) is 24.0 Å². The molecule has 2 heterocycles. The Morgan fingerprint density at radius 3 is 1.70 bits per heavy atom. The first-order valence-corrected chi connectivity index (χ1v) is 14.7. The van der Waals surface area contributed by atoms with Crippen molar-refractivity contribution >= 4 is 30.0 Å². The number of nitrogens with one attached hydrogen (secondary N) is 2. The van der Waals surface area contributed by atoms with E-state index in [0.29, 0.717) is 35.8 Å². The molecule has 2 aliphatic rings. The lowest BCUT2D eigenvalue weighted by molar-refractivity contribution is -0.143. The lowest BCUT2D eigenvalue weighted by Gasteiger charge is -2.36. The van der Waals surface area contributed by atoms with E-state index in [0.717, 1.165) is 17.4 Å². The Balaban J connectivity index is 0.000000450. The van der Waals surface area contributed by atoms with Crippen LogP contribution in [0.3, 0.4) is 0 Å². The van der Waals surface area contributed by atoms with E-state index >= 15 is 0 Å². The molecule has 4 rings (SSSR count). The van der Waals surface area contributed by atoms with Gasteiger partial charge >= 0.3 is 11.9 Å². The number of carboxylic acid groups (broad SMARTS) is 1. The van der Waals surface area contributed by atoms with Crippen LogP contribution in [0.2, 0.25) is 0 Å². The second-order valence-corrected chi connectivity index (χ2v) is 13.3. The third-order valence-electron chi connectivity index (χ3n) is 6.12. The van der Waals surface area contributed by atoms with Crippen molar-refractivity contribution in [3.63, 3.8) is 0 Å². The third-order valence-corrected chi connectivity index (χ3v) is 6.12. The second-order valence-electron chi connectivity index (χ2n) is 13.3. The fourth-order valence-electron chi connectivity index (χ4n) is 3.84. The van der Waals surface area contributed by atoms with Crippen molar-refractivity contribution in [1.82, 2.24) is 10.6 Å². The van der Waals surface area contributed by atoms with Crippen LogP contribution in [0.25, 0.3) is 0 Å². The summed E-state index contributed by atoms with van der Waals surface area (Å²) < 4.78 is 16.9. The number of fused-ring (bicyclic) bond motifs is 2. The molecular formula is C34H48N2O10. The normalized spacial score (nSPS) is 15.0. The Hall–Kier alpha value is -4.29. The maximum Gasteiger partial charge on any atom is 0.317 e. The van der Waals surface area contributed by atoms with Gasteiger partial charge in [0.15, 0.2) is 0 Å². The average molecular weight is 645 g/mol. The summed E-state index contributed by atoms with van der Waals surface area (Å²) >= 11 is 0. The molecule has 0 saturated carbocycles. The largest absolute Gasteiger partial charge is 0.497 e. The number of amides is 2. The number of esters is 1. The van der Waals surface area contributed by atoms with Crippen LogP contribution in [0.15, 0.2) is 36.4 Å². The molecule has 254 valence electrons. The van der Waals surface area contributed by atoms with E-state index in [9.17, 15) is 29.1 Å². The van der Waals surface area contributed by atoms with Crippen molar-refractivity contribution in [2.45, 2.75) is 79.8 Å². The predicted octanol–water partition coefficient (Wildman–Crippen LogP) is 4.60. The van der Waals surface area contributed by atoms with Gasteiger partial charge in [0.25, 0.3) is 0 Å². The molecule has 1 saturated heterocycles. The highest BCUT2D eigenvalue weighted by molar-refractivity contribution is 6.01. The molecule has 0 aromatic heterocycles. The number of ether oxygens (including phenoxy) is 3. The van der Waals surface area contributed by atoms with Gasteiger partial charge in [0, 0.05) is 47.4 Å². The van der Waals surface area contributed by atoms with Gasteiger partial charge in [0.05, 0.1) is 24.7 Å². The Kier molecular flexibility index (Phi) is 14.6. The minimum Gasteiger partial charge on any atom is -0.497 e. The number of benzene rings is 2. The molecule has 12 heteroatoms. The molecule has 46 heavy (non-hydrogen) atoms. The van der Waals surface area contributed by atoms with Crippen LogP contribution in [-0.4, -0.2) is 66.6 Å². The number of carboxylic acids is 1. The number of rotatable bonds is 5. The van der Waals surface area contributed by atoms with E-state index in [-0.39, 0.29) is 35.7 Å². The maximum atomic E-state index is 12.2. The standard InChI is InChI=1S/C22H26O5.C5H10O.C4H5NO2.C3H7NO2/c1-21(2,3)20(23)26-14-8-10-16-18(12-14)27-17-11-13(25-6)7-9-15(17)19(16)22(4,5)24;1-5(2,3)4-6;6-3-1-2-4(7)5-3;1-4-2-3(5)6/h7-12,19,24H,1-6H3;4H,1-3H3;1-2H2,(H,5,6,7);4H,2H2,1H3,(H,5,6). The minimum absolute atomic E-state index is 0.0417. The van der Waals surface area contributed by atoms with Gasteiger partial charge in [-0.15, -0.1) is 0 Å². The number of aliphatic hydroxyl groups is 1. The van der Waals surface area contributed by atoms with E-state index in [1.54, 1.807) is 67.0 Å². The van der Waals surface area contributed by atoms with Gasteiger partial charge in [-0.25, -0.2) is 0 Å². The monoisotopic (exact) mass is 644 g/mol. The summed E-state index contributed by atoms with van der Waals surface area (Å²) in [6.45, 7) is 14.6. The van der Waals surface area contributed by atoms with Gasteiger partial charge < -0.3 is 34.5 Å². The Bertz CT molecular complexity index is 1370. The van der Waals surface area contributed by atoms with E-state index in [2.05, 4.69) is 10.6 Å². The minimum atomic E-state index is -1.01. The van der Waals surface area contributed by atoms with E-state index in [4.69, 9.17) is 19.3 Å². The molecule has 1 unspecified atom stereocenters. The topological polar surface area (TPSA) is 178 Å². The molecule has 2 aromatic rings. The van der Waals surface area contributed by atoms with Crippen molar-refractivity contribution in [3.05, 3.63) is 47.5 Å². The Morgan fingerprint density at radius 2 is 1.39 bits per heavy atom. The highest BCUT2D eigenvalue weighted by Gasteiger charge is 2.38. The zero-order valence-electron chi connectivity index (χ0n) is 28.4. The summed E-state index contributed by atoms with van der Waals surface area (Å²) in [7, 11) is 3.18. The quantitative estimate of drug-likeness (QED) is 0.155. The molecule has 0 bridgehead atoms. The van der Waals surface area contributed by atoms with Crippen molar-refractivity contribution in [2.24, 2.45) is 10.8 Å². The van der Waals surface area contributed by atoms with Crippen LogP contribution >= 0.6 is 0 Å². The lowest BCUT2D eigenvalue weighted by atomic mass is 9.77. The molecule has 1 fully saturated rings. The Labute approximate surface area is 270 Å². The molecule has 1 atom stereocenters. The van der Waals surface area contributed by atoms with Crippen LogP contribution in [0, 0.1) is 10.8 Å². The SMILES string of the molecule is CC(C)(C)C=O.CNCC(=O)O.COc1ccc2c(c1)Oc1cc(OC(=O)C(C)(C)C)ccc1C2C(C)(C)O.O=C1CCC(=O)N1. The molecule has 12 nitrogen and oxygen atoms in total. The molecule has 0 aliphatic carbocycles. The molecule has 2 amide bonds. The fourth-order valence-corrected chi connectivity index (χ4v) is 3.84. The summed E-state index contributed by atoms with van der Waals surface area (Å²) in [5, 5.41) is 23.3. The molecule has 0 spiro atoms. The predicted molar refractivity (Wildman–Crippen MR) is 172 cm³/mol. The first kappa shape index (κ1) is 39.7. The summed E-state index contributed by atoms with van der Waals surface area (Å²) in [6.07, 6.45) is 1.69. The number of methoxy groups -OCH3 is 1. The van der Waals surface area contributed by atoms with Gasteiger partial charge in [0.1, 0.15) is 29.3 Å². The third kappa shape index (κ3) is 13.4. The smallest absolute Gasteiger partial charge is 0.317 e. The number of hydrogen-bond acceptors (Lipinski definition) is 10. The summed E-state index contributed by atoms with van der Waals surface area (Å²) in [5.41, 5.74) is -0.0244. The van der Waals surface area contributed by atoms with Gasteiger partial charge in [-0.05, 0) is 53.8 Å².